The molecule has 3 heterocycles. The lowest BCUT2D eigenvalue weighted by atomic mass is 10.0. The summed E-state index contributed by atoms with van der Waals surface area (Å²) in [5.74, 6) is -1.22. The molecule has 2 aromatic carbocycles. The minimum absolute atomic E-state index is 0.0670. The van der Waals surface area contributed by atoms with Crippen LogP contribution in [0, 0.1) is 18.2 Å². The zero-order chi connectivity index (χ0) is 25.4. The second-order valence-electron chi connectivity index (χ2n) is 9.34. The van der Waals surface area contributed by atoms with Crippen LogP contribution in [0.2, 0.25) is 0 Å². The number of nitrogens with zero attached hydrogens (tertiary/aromatic N) is 3. The standard InChI is InChI=1S/C27H26F2N4O2S/c1-31-23-6-4-16(11-21(23)28)20-13-25(27(35)33-9-2-3-18(30)14-33)36-26(20)17-5-7-24(22(29)12-17)32-10-8-19(34)15-32/h4-7,11-13,18-19,34H,2-3,8-10,14-15,30H2/t18-,19-/m1/s1. The average Bonchev–Trinajstić information content (AvgIpc) is 3.50. The predicted molar refractivity (Wildman–Crippen MR) is 137 cm³/mol. The fraction of sp³-hybridized carbons (Fsp3) is 0.333. The Kier molecular flexibility index (Phi) is 6.75. The summed E-state index contributed by atoms with van der Waals surface area (Å²) in [6, 6.07) is 10.9. The minimum Gasteiger partial charge on any atom is -0.391 e. The van der Waals surface area contributed by atoms with Crippen molar-refractivity contribution >= 4 is 28.6 Å². The van der Waals surface area contributed by atoms with Crippen molar-refractivity contribution in [1.29, 1.82) is 0 Å². The van der Waals surface area contributed by atoms with Crippen molar-refractivity contribution in [1.82, 2.24) is 4.90 Å². The van der Waals surface area contributed by atoms with Gasteiger partial charge in [-0.05, 0) is 54.7 Å². The van der Waals surface area contributed by atoms with Gasteiger partial charge < -0.3 is 20.6 Å². The fourth-order valence-corrected chi connectivity index (χ4v) is 6.05. The summed E-state index contributed by atoms with van der Waals surface area (Å²) in [5.41, 5.74) is 8.08. The molecule has 3 aromatic rings. The van der Waals surface area contributed by atoms with Gasteiger partial charge in [0.2, 0.25) is 5.69 Å². The van der Waals surface area contributed by atoms with Gasteiger partial charge in [0.15, 0.2) is 0 Å². The molecule has 186 valence electrons. The zero-order valence-corrected chi connectivity index (χ0v) is 20.4. The number of β-amino-alcohol motifs (C(OH)–C–C–N with tert-alkyl or cyclic N) is 1. The Balaban J connectivity index is 1.56. The van der Waals surface area contributed by atoms with E-state index in [4.69, 9.17) is 12.3 Å². The van der Waals surface area contributed by atoms with Crippen molar-refractivity contribution < 1.29 is 18.7 Å². The quantitative estimate of drug-likeness (QED) is 0.484. The van der Waals surface area contributed by atoms with E-state index < -0.39 is 17.7 Å². The second kappa shape index (κ2) is 9.97. The number of rotatable bonds is 4. The van der Waals surface area contributed by atoms with Crippen molar-refractivity contribution in [3.05, 3.63) is 70.4 Å². The number of aliphatic hydroxyl groups excluding tert-OH is 1. The normalized spacial score (nSPS) is 20.0. The molecule has 5 rings (SSSR count). The molecule has 0 aliphatic carbocycles. The van der Waals surface area contributed by atoms with Crippen LogP contribution in [0.4, 0.5) is 20.2 Å². The molecule has 2 atom stereocenters. The van der Waals surface area contributed by atoms with Gasteiger partial charge in [-0.1, -0.05) is 18.2 Å². The number of anilines is 1. The Morgan fingerprint density at radius 2 is 1.83 bits per heavy atom. The molecule has 0 bridgehead atoms. The Labute approximate surface area is 212 Å². The summed E-state index contributed by atoms with van der Waals surface area (Å²) in [5, 5.41) is 9.83. The smallest absolute Gasteiger partial charge is 0.264 e. The summed E-state index contributed by atoms with van der Waals surface area (Å²) in [6.07, 6.45) is 1.82. The first-order chi connectivity index (χ1) is 17.3. The maximum atomic E-state index is 15.2. The number of thiophene rings is 1. The summed E-state index contributed by atoms with van der Waals surface area (Å²) in [6.45, 7) is 9.16. The number of benzene rings is 2. The third-order valence-electron chi connectivity index (χ3n) is 6.78. The molecule has 1 aromatic heterocycles. The second-order valence-corrected chi connectivity index (χ2v) is 10.4. The van der Waals surface area contributed by atoms with Gasteiger partial charge in [0, 0.05) is 42.7 Å². The Hall–Kier alpha value is -3.32. The number of amides is 1. The van der Waals surface area contributed by atoms with Crippen molar-refractivity contribution in [2.24, 2.45) is 5.73 Å². The Morgan fingerprint density at radius 3 is 2.50 bits per heavy atom. The highest BCUT2D eigenvalue weighted by molar-refractivity contribution is 7.18. The highest BCUT2D eigenvalue weighted by atomic mass is 32.1. The number of carbonyl (C=O) groups is 1. The Morgan fingerprint density at radius 1 is 1.06 bits per heavy atom. The maximum Gasteiger partial charge on any atom is 0.264 e. The molecule has 2 aliphatic heterocycles. The molecule has 0 saturated carbocycles. The van der Waals surface area contributed by atoms with E-state index in [9.17, 15) is 14.3 Å². The van der Waals surface area contributed by atoms with E-state index in [0.717, 1.165) is 12.8 Å². The summed E-state index contributed by atoms with van der Waals surface area (Å²) in [4.78, 5) is 21.2. The van der Waals surface area contributed by atoms with Gasteiger partial charge in [0.05, 0.1) is 23.2 Å². The number of halogens is 2. The minimum atomic E-state index is -0.649. The lowest BCUT2D eigenvalue weighted by Gasteiger charge is -2.30. The fourth-order valence-electron chi connectivity index (χ4n) is 4.91. The van der Waals surface area contributed by atoms with E-state index in [0.29, 0.717) is 64.7 Å². The first-order valence-corrected chi connectivity index (χ1v) is 12.7. The van der Waals surface area contributed by atoms with Gasteiger partial charge in [-0.15, -0.1) is 11.3 Å². The molecule has 1 amide bonds. The van der Waals surface area contributed by atoms with Crippen LogP contribution in [0.5, 0.6) is 0 Å². The van der Waals surface area contributed by atoms with Crippen molar-refractivity contribution in [2.45, 2.75) is 31.4 Å². The zero-order valence-electron chi connectivity index (χ0n) is 19.6. The number of hydrogen-bond donors (Lipinski definition) is 2. The highest BCUT2D eigenvalue weighted by Gasteiger charge is 2.27. The van der Waals surface area contributed by atoms with Crippen LogP contribution in [0.15, 0.2) is 42.5 Å². The third kappa shape index (κ3) is 4.72. The van der Waals surface area contributed by atoms with Crippen LogP contribution in [0.1, 0.15) is 28.9 Å². The third-order valence-corrected chi connectivity index (χ3v) is 7.95. The molecule has 36 heavy (non-hydrogen) atoms. The molecule has 0 radical (unpaired) electrons. The molecular weight excluding hydrogens is 482 g/mol. The average molecular weight is 509 g/mol. The maximum absolute atomic E-state index is 15.2. The van der Waals surface area contributed by atoms with Gasteiger partial charge in [-0.2, -0.15) is 0 Å². The van der Waals surface area contributed by atoms with E-state index in [1.807, 2.05) is 4.90 Å². The molecule has 6 nitrogen and oxygen atoms in total. The number of carbonyl (C=O) groups excluding carboxylic acids is 1. The number of nitrogens with two attached hydrogens (primary N) is 1. The van der Waals surface area contributed by atoms with Crippen LogP contribution >= 0.6 is 11.3 Å². The first-order valence-electron chi connectivity index (χ1n) is 11.9. The van der Waals surface area contributed by atoms with Gasteiger partial charge in [0.25, 0.3) is 5.91 Å². The molecular formula is C27H26F2N4O2S. The summed E-state index contributed by atoms with van der Waals surface area (Å²) >= 11 is 1.24. The molecule has 3 N–H and O–H groups in total. The number of piperidine rings is 1. The molecule has 2 aliphatic rings. The van der Waals surface area contributed by atoms with Gasteiger partial charge in [-0.25, -0.2) is 13.6 Å². The number of likely N-dealkylation sites (tertiary alicyclic amines) is 1. The van der Waals surface area contributed by atoms with Crippen LogP contribution < -0.4 is 10.6 Å². The van der Waals surface area contributed by atoms with Crippen molar-refractivity contribution in [2.75, 3.05) is 31.1 Å². The summed E-state index contributed by atoms with van der Waals surface area (Å²) < 4.78 is 29.7. The van der Waals surface area contributed by atoms with E-state index in [1.54, 1.807) is 29.2 Å². The number of aliphatic hydroxyl groups is 1. The van der Waals surface area contributed by atoms with E-state index in [2.05, 4.69) is 4.85 Å². The Bertz CT molecular complexity index is 1350. The van der Waals surface area contributed by atoms with E-state index >= 15 is 4.39 Å². The largest absolute Gasteiger partial charge is 0.391 e. The first kappa shape index (κ1) is 24.4. The van der Waals surface area contributed by atoms with Crippen molar-refractivity contribution in [3.8, 4) is 21.6 Å². The SMILES string of the molecule is [C-]#[N+]c1ccc(-c2cc(C(=O)N3CCC[C@@H](N)C3)sc2-c2ccc(N3CC[C@@H](O)C3)c(F)c2)cc1F. The van der Waals surface area contributed by atoms with Gasteiger partial charge in [-0.3, -0.25) is 4.79 Å². The molecule has 2 saturated heterocycles. The van der Waals surface area contributed by atoms with E-state index in [-0.39, 0.29) is 17.6 Å². The monoisotopic (exact) mass is 508 g/mol. The lowest BCUT2D eigenvalue weighted by molar-refractivity contribution is 0.0713. The van der Waals surface area contributed by atoms with Crippen LogP contribution in [0.3, 0.4) is 0 Å². The highest BCUT2D eigenvalue weighted by Crippen LogP contribution is 2.42. The number of hydrogen-bond acceptors (Lipinski definition) is 5. The van der Waals surface area contributed by atoms with Crippen molar-refractivity contribution in [3.63, 3.8) is 0 Å². The molecule has 9 heteroatoms. The van der Waals surface area contributed by atoms with Gasteiger partial charge >= 0.3 is 0 Å². The predicted octanol–water partition coefficient (Wildman–Crippen LogP) is 5.05. The lowest BCUT2D eigenvalue weighted by Crippen LogP contribution is -2.45. The summed E-state index contributed by atoms with van der Waals surface area (Å²) in [7, 11) is 0. The van der Waals surface area contributed by atoms with E-state index in [1.165, 1.54) is 29.5 Å². The topological polar surface area (TPSA) is 74.2 Å². The van der Waals surface area contributed by atoms with Gasteiger partial charge in [0.1, 0.15) is 11.6 Å². The molecule has 0 spiro atoms. The van der Waals surface area contributed by atoms with Crippen LogP contribution in [-0.4, -0.2) is 54.2 Å². The molecule has 0 unspecified atom stereocenters. The van der Waals surface area contributed by atoms with Crippen LogP contribution in [0.25, 0.3) is 26.4 Å². The molecule has 2 fully saturated rings. The van der Waals surface area contributed by atoms with Crippen LogP contribution in [-0.2, 0) is 0 Å².